The summed E-state index contributed by atoms with van der Waals surface area (Å²) >= 11 is 3.54. The van der Waals surface area contributed by atoms with Crippen LogP contribution >= 0.6 is 23.1 Å². The molecule has 1 heterocycles. The van der Waals surface area contributed by atoms with Crippen LogP contribution in [0.3, 0.4) is 0 Å². The first-order valence-electron chi connectivity index (χ1n) is 6.66. The van der Waals surface area contributed by atoms with Crippen LogP contribution < -0.4 is 5.32 Å². The molecule has 3 nitrogen and oxygen atoms in total. The fourth-order valence-electron chi connectivity index (χ4n) is 2.39. The summed E-state index contributed by atoms with van der Waals surface area (Å²) < 4.78 is 1.08. The molecule has 0 spiro atoms. The Kier molecular flexibility index (Phi) is 4.03. The molecule has 100 valence electrons. The van der Waals surface area contributed by atoms with Crippen molar-refractivity contribution in [3.05, 3.63) is 35.4 Å². The Balaban J connectivity index is 1.65. The quantitative estimate of drug-likeness (QED) is 0.933. The molecule has 2 aromatic rings. The maximum absolute atomic E-state index is 4.25. The van der Waals surface area contributed by atoms with Crippen molar-refractivity contribution in [2.45, 2.75) is 35.8 Å². The molecule has 1 atom stereocenters. The number of aromatic nitrogens is 2. The average Bonchev–Trinajstić information content (AvgIpc) is 2.86. The molecule has 0 unspecified atom stereocenters. The number of benzene rings is 1. The number of rotatable bonds is 4. The van der Waals surface area contributed by atoms with Crippen LogP contribution in [0.4, 0.5) is 5.13 Å². The summed E-state index contributed by atoms with van der Waals surface area (Å²) in [4.78, 5) is 0. The predicted octanol–water partition coefficient (Wildman–Crippen LogP) is 3.62. The first kappa shape index (κ1) is 12.9. The lowest BCUT2D eigenvalue weighted by atomic mass is 9.92. The van der Waals surface area contributed by atoms with E-state index in [4.69, 9.17) is 0 Å². The summed E-state index contributed by atoms with van der Waals surface area (Å²) in [6, 6.07) is 8.79. The number of nitrogens with one attached hydrogen (secondary N) is 1. The van der Waals surface area contributed by atoms with Gasteiger partial charge in [-0.1, -0.05) is 47.4 Å². The lowest BCUT2D eigenvalue weighted by Crippen LogP contribution is -2.15. The Hall–Kier alpha value is -1.07. The molecular formula is C14H17N3S2. The number of hydrogen-bond donors (Lipinski definition) is 1. The van der Waals surface area contributed by atoms with Crippen molar-refractivity contribution in [3.63, 3.8) is 0 Å². The minimum Gasteiger partial charge on any atom is -0.360 e. The average molecular weight is 291 g/mol. The Bertz CT molecular complexity index is 553. The molecule has 0 aliphatic heterocycles. The molecule has 19 heavy (non-hydrogen) atoms. The molecule has 0 fully saturated rings. The highest BCUT2D eigenvalue weighted by atomic mass is 32.2. The SMILES string of the molecule is CCNc1nnc(S[C@@H]2CCc3ccccc3C2)s1. The molecule has 1 N–H and O–H groups in total. The smallest absolute Gasteiger partial charge is 0.206 e. The Morgan fingerprint density at radius 3 is 3.00 bits per heavy atom. The van der Waals surface area contributed by atoms with Crippen molar-refractivity contribution in [2.75, 3.05) is 11.9 Å². The van der Waals surface area contributed by atoms with Gasteiger partial charge in [0, 0.05) is 11.8 Å². The van der Waals surface area contributed by atoms with E-state index in [1.807, 2.05) is 11.8 Å². The number of hydrogen-bond acceptors (Lipinski definition) is 5. The second-order valence-electron chi connectivity index (χ2n) is 4.65. The monoisotopic (exact) mass is 291 g/mol. The molecule has 1 aliphatic rings. The zero-order valence-corrected chi connectivity index (χ0v) is 12.6. The zero-order valence-electron chi connectivity index (χ0n) is 10.9. The number of thioether (sulfide) groups is 1. The molecule has 0 saturated carbocycles. The summed E-state index contributed by atoms with van der Waals surface area (Å²) in [5, 5.41) is 13.2. The van der Waals surface area contributed by atoms with Gasteiger partial charge in [0.25, 0.3) is 0 Å². The van der Waals surface area contributed by atoms with Crippen LogP contribution in [-0.4, -0.2) is 22.0 Å². The van der Waals surface area contributed by atoms with Crippen LogP contribution in [0.25, 0.3) is 0 Å². The topological polar surface area (TPSA) is 37.8 Å². The van der Waals surface area contributed by atoms with Crippen molar-refractivity contribution < 1.29 is 0 Å². The van der Waals surface area contributed by atoms with Gasteiger partial charge in [-0.05, 0) is 37.3 Å². The van der Waals surface area contributed by atoms with E-state index in [0.717, 1.165) is 22.4 Å². The second-order valence-corrected chi connectivity index (χ2v) is 7.18. The summed E-state index contributed by atoms with van der Waals surface area (Å²) in [6.45, 7) is 2.97. The van der Waals surface area contributed by atoms with E-state index >= 15 is 0 Å². The maximum Gasteiger partial charge on any atom is 0.206 e. The normalized spacial score (nSPS) is 18.1. The molecule has 1 aromatic carbocycles. The number of fused-ring (bicyclic) bond motifs is 1. The van der Waals surface area contributed by atoms with Gasteiger partial charge in [0.2, 0.25) is 5.13 Å². The third kappa shape index (κ3) is 3.09. The van der Waals surface area contributed by atoms with Gasteiger partial charge in [0.1, 0.15) is 0 Å². The number of aryl methyl sites for hydroxylation is 1. The van der Waals surface area contributed by atoms with Crippen LogP contribution in [0.5, 0.6) is 0 Å². The van der Waals surface area contributed by atoms with E-state index in [2.05, 4.69) is 46.7 Å². The highest BCUT2D eigenvalue weighted by molar-refractivity contribution is 8.01. The van der Waals surface area contributed by atoms with Gasteiger partial charge in [0.15, 0.2) is 4.34 Å². The molecule has 5 heteroatoms. The van der Waals surface area contributed by atoms with Crippen molar-refractivity contribution in [1.29, 1.82) is 0 Å². The molecular weight excluding hydrogens is 274 g/mol. The van der Waals surface area contributed by atoms with Gasteiger partial charge in [-0.2, -0.15) is 0 Å². The minimum absolute atomic E-state index is 0.636. The summed E-state index contributed by atoms with van der Waals surface area (Å²) in [5.41, 5.74) is 3.02. The fraction of sp³-hybridized carbons (Fsp3) is 0.429. The Morgan fingerprint density at radius 2 is 2.16 bits per heavy atom. The molecule has 0 bridgehead atoms. The Labute approximate surface area is 121 Å². The Morgan fingerprint density at radius 1 is 1.32 bits per heavy atom. The lowest BCUT2D eigenvalue weighted by molar-refractivity contribution is 0.701. The van der Waals surface area contributed by atoms with Crippen LogP contribution in [-0.2, 0) is 12.8 Å². The van der Waals surface area contributed by atoms with E-state index < -0.39 is 0 Å². The lowest BCUT2D eigenvalue weighted by Gasteiger charge is -2.22. The summed E-state index contributed by atoms with van der Waals surface area (Å²) in [7, 11) is 0. The van der Waals surface area contributed by atoms with E-state index in [1.165, 1.54) is 24.0 Å². The number of anilines is 1. The zero-order chi connectivity index (χ0) is 13.1. The standard InChI is InChI=1S/C14H17N3S2/c1-2-15-13-16-17-14(19-13)18-12-8-7-10-5-3-4-6-11(10)9-12/h3-6,12H,2,7-9H2,1H3,(H,15,16)/t12-/m1/s1. The third-order valence-corrected chi connectivity index (χ3v) is 5.54. The summed E-state index contributed by atoms with van der Waals surface area (Å²) in [5.74, 6) is 0. The van der Waals surface area contributed by atoms with Crippen molar-refractivity contribution in [1.82, 2.24) is 10.2 Å². The van der Waals surface area contributed by atoms with E-state index in [9.17, 15) is 0 Å². The van der Waals surface area contributed by atoms with Gasteiger partial charge >= 0.3 is 0 Å². The van der Waals surface area contributed by atoms with E-state index in [-0.39, 0.29) is 0 Å². The van der Waals surface area contributed by atoms with Gasteiger partial charge < -0.3 is 5.32 Å². The highest BCUT2D eigenvalue weighted by Crippen LogP contribution is 2.35. The van der Waals surface area contributed by atoms with Crippen LogP contribution in [0, 0.1) is 0 Å². The van der Waals surface area contributed by atoms with Gasteiger partial charge in [0.05, 0.1) is 0 Å². The molecule has 3 rings (SSSR count). The van der Waals surface area contributed by atoms with Crippen LogP contribution in [0.2, 0.25) is 0 Å². The first-order chi connectivity index (χ1) is 9.35. The maximum atomic E-state index is 4.25. The van der Waals surface area contributed by atoms with E-state index in [0.29, 0.717) is 5.25 Å². The largest absolute Gasteiger partial charge is 0.360 e. The molecule has 1 aliphatic carbocycles. The molecule has 0 amide bonds. The van der Waals surface area contributed by atoms with Crippen molar-refractivity contribution in [3.8, 4) is 0 Å². The molecule has 0 radical (unpaired) electrons. The van der Waals surface area contributed by atoms with Gasteiger partial charge in [-0.3, -0.25) is 0 Å². The van der Waals surface area contributed by atoms with E-state index in [1.54, 1.807) is 11.3 Å². The van der Waals surface area contributed by atoms with Gasteiger partial charge in [-0.15, -0.1) is 10.2 Å². The van der Waals surface area contributed by atoms with Crippen LogP contribution in [0.15, 0.2) is 28.6 Å². The third-order valence-electron chi connectivity index (χ3n) is 3.30. The van der Waals surface area contributed by atoms with Gasteiger partial charge in [-0.25, -0.2) is 0 Å². The van der Waals surface area contributed by atoms with Crippen molar-refractivity contribution in [2.24, 2.45) is 0 Å². The summed E-state index contributed by atoms with van der Waals surface area (Å²) in [6.07, 6.45) is 3.57. The highest BCUT2D eigenvalue weighted by Gasteiger charge is 2.20. The molecule has 0 saturated heterocycles. The fourth-order valence-corrected chi connectivity index (χ4v) is 4.64. The first-order valence-corrected chi connectivity index (χ1v) is 8.35. The minimum atomic E-state index is 0.636. The second kappa shape index (κ2) is 5.92. The van der Waals surface area contributed by atoms with Crippen LogP contribution in [0.1, 0.15) is 24.5 Å². The molecule has 1 aromatic heterocycles. The predicted molar refractivity (Wildman–Crippen MR) is 82.2 cm³/mol. The number of nitrogens with zero attached hydrogens (tertiary/aromatic N) is 2. The van der Waals surface area contributed by atoms with Crippen molar-refractivity contribution >= 4 is 28.2 Å².